The number of ether oxygens (including phenoxy) is 3. The molecule has 190 valence electrons. The summed E-state index contributed by atoms with van der Waals surface area (Å²) in [4.78, 5) is 62.7. The Morgan fingerprint density at radius 1 is 0.972 bits per heavy atom. The summed E-state index contributed by atoms with van der Waals surface area (Å²) >= 11 is 0. The highest BCUT2D eigenvalue weighted by molar-refractivity contribution is 6.03. The third-order valence-corrected chi connectivity index (χ3v) is 5.60. The molecule has 1 aliphatic rings. The summed E-state index contributed by atoms with van der Waals surface area (Å²) in [5.41, 5.74) is 9.10. The first-order valence-electron chi connectivity index (χ1n) is 11.1. The molecule has 0 aliphatic carbocycles. The van der Waals surface area contributed by atoms with Crippen molar-refractivity contribution >= 4 is 35.4 Å². The molecular formula is C25H27N3O8. The quantitative estimate of drug-likeness (QED) is 0.294. The van der Waals surface area contributed by atoms with Crippen molar-refractivity contribution in [2.24, 2.45) is 0 Å². The van der Waals surface area contributed by atoms with Gasteiger partial charge >= 0.3 is 17.9 Å². The van der Waals surface area contributed by atoms with E-state index >= 15 is 0 Å². The molecule has 36 heavy (non-hydrogen) atoms. The zero-order valence-corrected chi connectivity index (χ0v) is 20.1. The fourth-order valence-electron chi connectivity index (χ4n) is 3.82. The SMILES string of the molecule is COC(=O)[C@H](COC(C)=O)NC(=O)[C@H](COC(C)=O)N1Cc2c(cccc2-c2ccc(N)cc2)C1=O. The zero-order chi connectivity index (χ0) is 26.4. The molecule has 2 atom stereocenters. The Balaban J connectivity index is 1.90. The van der Waals surface area contributed by atoms with Crippen molar-refractivity contribution < 1.29 is 38.2 Å². The minimum absolute atomic E-state index is 0.0565. The minimum Gasteiger partial charge on any atom is -0.467 e. The maximum absolute atomic E-state index is 13.3. The van der Waals surface area contributed by atoms with E-state index in [1.165, 1.54) is 11.8 Å². The van der Waals surface area contributed by atoms with Gasteiger partial charge in [0.05, 0.1) is 7.11 Å². The number of esters is 3. The molecule has 1 aliphatic heterocycles. The van der Waals surface area contributed by atoms with E-state index in [1.54, 1.807) is 24.3 Å². The minimum atomic E-state index is -1.32. The second-order valence-corrected chi connectivity index (χ2v) is 8.09. The summed E-state index contributed by atoms with van der Waals surface area (Å²) in [6, 6.07) is 9.81. The number of hydrogen-bond donors (Lipinski definition) is 2. The molecule has 0 saturated heterocycles. The van der Waals surface area contributed by atoms with Crippen LogP contribution in [0, 0.1) is 0 Å². The summed E-state index contributed by atoms with van der Waals surface area (Å²) in [5.74, 6) is -3.38. The van der Waals surface area contributed by atoms with E-state index in [9.17, 15) is 24.0 Å². The largest absolute Gasteiger partial charge is 0.467 e. The number of nitrogens with two attached hydrogens (primary N) is 1. The number of benzene rings is 2. The van der Waals surface area contributed by atoms with Crippen LogP contribution >= 0.6 is 0 Å². The summed E-state index contributed by atoms with van der Waals surface area (Å²) in [6.07, 6.45) is 0. The Hall–Kier alpha value is -4.41. The van der Waals surface area contributed by atoms with Gasteiger partial charge in [0, 0.05) is 31.6 Å². The van der Waals surface area contributed by atoms with Crippen LogP contribution < -0.4 is 11.1 Å². The van der Waals surface area contributed by atoms with Gasteiger partial charge < -0.3 is 30.2 Å². The number of methoxy groups -OCH3 is 1. The average molecular weight is 498 g/mol. The van der Waals surface area contributed by atoms with Crippen LogP contribution in [0.4, 0.5) is 5.69 Å². The lowest BCUT2D eigenvalue weighted by atomic mass is 9.97. The Kier molecular flexibility index (Phi) is 8.26. The van der Waals surface area contributed by atoms with Crippen LogP contribution in [0.1, 0.15) is 29.8 Å². The molecule has 3 N–H and O–H groups in total. The molecule has 0 unspecified atom stereocenters. The Morgan fingerprint density at radius 3 is 2.19 bits per heavy atom. The van der Waals surface area contributed by atoms with Crippen LogP contribution in [0.5, 0.6) is 0 Å². The highest BCUT2D eigenvalue weighted by atomic mass is 16.5. The lowest BCUT2D eigenvalue weighted by Crippen LogP contribution is -2.55. The van der Waals surface area contributed by atoms with E-state index in [4.69, 9.17) is 15.2 Å². The summed E-state index contributed by atoms with van der Waals surface area (Å²) in [6.45, 7) is 1.47. The van der Waals surface area contributed by atoms with E-state index in [-0.39, 0.29) is 6.54 Å². The lowest BCUT2D eigenvalue weighted by Gasteiger charge is -2.28. The Morgan fingerprint density at radius 2 is 1.58 bits per heavy atom. The first-order valence-corrected chi connectivity index (χ1v) is 11.1. The molecule has 0 bridgehead atoms. The van der Waals surface area contributed by atoms with Crippen LogP contribution in [0.25, 0.3) is 11.1 Å². The Labute approximate surface area is 207 Å². The topological polar surface area (TPSA) is 154 Å². The molecular weight excluding hydrogens is 470 g/mol. The third-order valence-electron chi connectivity index (χ3n) is 5.60. The predicted molar refractivity (Wildman–Crippen MR) is 127 cm³/mol. The molecule has 0 saturated carbocycles. The maximum atomic E-state index is 13.3. The Bertz CT molecular complexity index is 1180. The molecule has 0 spiro atoms. The van der Waals surface area contributed by atoms with Gasteiger partial charge in [-0.25, -0.2) is 4.79 Å². The van der Waals surface area contributed by atoms with E-state index in [1.807, 2.05) is 18.2 Å². The lowest BCUT2D eigenvalue weighted by molar-refractivity contribution is -0.153. The van der Waals surface area contributed by atoms with Gasteiger partial charge in [-0.3, -0.25) is 19.2 Å². The molecule has 2 aromatic rings. The average Bonchev–Trinajstić information content (AvgIpc) is 3.18. The van der Waals surface area contributed by atoms with Gasteiger partial charge in [-0.05, 0) is 34.9 Å². The van der Waals surface area contributed by atoms with Crippen LogP contribution in [0.2, 0.25) is 0 Å². The highest BCUT2D eigenvalue weighted by Crippen LogP contribution is 2.34. The molecule has 0 radical (unpaired) electrons. The van der Waals surface area contributed by atoms with E-state index in [0.717, 1.165) is 25.2 Å². The normalized spacial score (nSPS) is 13.9. The van der Waals surface area contributed by atoms with Crippen LogP contribution in [0.3, 0.4) is 0 Å². The number of carbonyl (C=O) groups excluding carboxylic acids is 5. The van der Waals surface area contributed by atoms with E-state index in [2.05, 4.69) is 10.1 Å². The zero-order valence-electron chi connectivity index (χ0n) is 20.1. The number of rotatable bonds is 9. The number of amides is 2. The van der Waals surface area contributed by atoms with Gasteiger partial charge in [-0.2, -0.15) is 0 Å². The smallest absolute Gasteiger partial charge is 0.331 e. The number of fused-ring (bicyclic) bond motifs is 1. The van der Waals surface area contributed by atoms with Crippen LogP contribution in [-0.4, -0.2) is 67.0 Å². The van der Waals surface area contributed by atoms with Crippen molar-refractivity contribution in [1.29, 1.82) is 0 Å². The summed E-state index contributed by atoms with van der Waals surface area (Å²) < 4.78 is 14.6. The van der Waals surface area contributed by atoms with Crippen molar-refractivity contribution in [3.05, 3.63) is 53.6 Å². The van der Waals surface area contributed by atoms with Crippen LogP contribution in [0.15, 0.2) is 42.5 Å². The van der Waals surface area contributed by atoms with E-state index in [0.29, 0.717) is 16.8 Å². The van der Waals surface area contributed by atoms with Crippen molar-refractivity contribution in [2.45, 2.75) is 32.5 Å². The van der Waals surface area contributed by atoms with Crippen molar-refractivity contribution in [3.63, 3.8) is 0 Å². The molecule has 11 nitrogen and oxygen atoms in total. The number of nitrogen functional groups attached to an aromatic ring is 1. The molecule has 0 aromatic heterocycles. The van der Waals surface area contributed by atoms with Gasteiger partial charge in [0.15, 0.2) is 6.04 Å². The van der Waals surface area contributed by atoms with Gasteiger partial charge in [0.25, 0.3) is 5.91 Å². The fourth-order valence-corrected chi connectivity index (χ4v) is 3.82. The van der Waals surface area contributed by atoms with Gasteiger partial charge in [-0.15, -0.1) is 0 Å². The van der Waals surface area contributed by atoms with E-state index < -0.39 is 55.0 Å². The molecule has 0 fully saturated rings. The van der Waals surface area contributed by atoms with Crippen LogP contribution in [-0.2, 0) is 39.9 Å². The first-order chi connectivity index (χ1) is 17.1. The molecule has 2 aromatic carbocycles. The molecule has 3 rings (SSSR count). The summed E-state index contributed by atoms with van der Waals surface area (Å²) in [5, 5.41) is 2.43. The first kappa shape index (κ1) is 26.2. The van der Waals surface area contributed by atoms with Gasteiger partial charge in [0.2, 0.25) is 5.91 Å². The fraction of sp³-hybridized carbons (Fsp3) is 0.320. The number of nitrogens with one attached hydrogen (secondary N) is 1. The second-order valence-electron chi connectivity index (χ2n) is 8.09. The molecule has 2 amide bonds. The molecule has 11 heteroatoms. The van der Waals surface area contributed by atoms with Crippen molar-refractivity contribution in [3.8, 4) is 11.1 Å². The number of carbonyl (C=O) groups is 5. The van der Waals surface area contributed by atoms with Gasteiger partial charge in [0.1, 0.15) is 19.3 Å². The predicted octanol–water partition coefficient (Wildman–Crippen LogP) is 1.04. The number of anilines is 1. The van der Waals surface area contributed by atoms with Crippen molar-refractivity contribution in [1.82, 2.24) is 10.2 Å². The summed E-state index contributed by atoms with van der Waals surface area (Å²) in [7, 11) is 1.12. The highest BCUT2D eigenvalue weighted by Gasteiger charge is 2.39. The maximum Gasteiger partial charge on any atom is 0.331 e. The monoisotopic (exact) mass is 497 g/mol. The standard InChI is InChI=1S/C25H27N3O8/c1-14(29)35-12-21(25(33)34-3)27-23(31)22(13-36-15(2)30)28-11-20-18(5-4-6-19(20)24(28)32)16-7-9-17(26)10-8-16/h4-10,21-22H,11-13,26H2,1-3H3,(H,27,31)/t21-,22-/m0/s1. The van der Waals surface area contributed by atoms with Crippen molar-refractivity contribution in [2.75, 3.05) is 26.1 Å². The number of hydrogen-bond acceptors (Lipinski definition) is 9. The third kappa shape index (κ3) is 5.98. The molecule has 1 heterocycles. The van der Waals surface area contributed by atoms with Gasteiger partial charge in [-0.1, -0.05) is 24.3 Å². The second kappa shape index (κ2) is 11.3. The number of nitrogens with zero attached hydrogens (tertiary/aromatic N) is 1.